The summed E-state index contributed by atoms with van der Waals surface area (Å²) >= 11 is 0. The van der Waals surface area contributed by atoms with Gasteiger partial charge in [0.25, 0.3) is 0 Å². The van der Waals surface area contributed by atoms with Crippen LogP contribution in [0.5, 0.6) is 11.5 Å². The van der Waals surface area contributed by atoms with Crippen molar-refractivity contribution in [2.45, 2.75) is 12.8 Å². The summed E-state index contributed by atoms with van der Waals surface area (Å²) in [5, 5.41) is 0. The van der Waals surface area contributed by atoms with Crippen LogP contribution in [0.3, 0.4) is 0 Å². The summed E-state index contributed by atoms with van der Waals surface area (Å²) in [6.45, 7) is 15.0. The van der Waals surface area contributed by atoms with Crippen LogP contribution >= 0.6 is 0 Å². The summed E-state index contributed by atoms with van der Waals surface area (Å²) in [5.74, 6) is -1.19. The Labute approximate surface area is 244 Å². The Morgan fingerprint density at radius 3 is 1.26 bits per heavy atom. The van der Waals surface area contributed by atoms with E-state index in [0.717, 1.165) is 12.2 Å². The molecule has 0 saturated heterocycles. The maximum atomic E-state index is 12.4. The largest absolute Gasteiger partial charge is 0.493 e. The Morgan fingerprint density at radius 2 is 0.929 bits per heavy atom. The number of hydrogen-bond acceptors (Lipinski definition) is 10. The summed E-state index contributed by atoms with van der Waals surface area (Å²) in [7, 11) is 0. The molecule has 0 spiro atoms. The Balaban J connectivity index is 1.71. The molecule has 0 aromatic heterocycles. The number of carbonyl (C=O) groups excluding carboxylic acids is 4. The first kappa shape index (κ1) is 32.8. The average Bonchev–Trinajstić information content (AvgIpc) is 2.99. The van der Waals surface area contributed by atoms with E-state index in [0.29, 0.717) is 37.6 Å². The second-order valence-electron chi connectivity index (χ2n) is 8.24. The molecule has 10 heteroatoms. The molecule has 0 fully saturated rings. The number of hydrogen-bond donors (Lipinski definition) is 0. The first-order valence-corrected chi connectivity index (χ1v) is 12.8. The fourth-order valence-electron chi connectivity index (χ4n) is 2.95. The molecule has 0 N–H and O–H groups in total. The minimum Gasteiger partial charge on any atom is -0.493 e. The van der Waals surface area contributed by atoms with Crippen molar-refractivity contribution in [1.29, 1.82) is 0 Å². The molecule has 220 valence electrons. The minimum atomic E-state index is -0.643. The highest BCUT2D eigenvalue weighted by Gasteiger charge is 2.11. The lowest BCUT2D eigenvalue weighted by Gasteiger charge is -2.08. The van der Waals surface area contributed by atoms with Crippen molar-refractivity contribution in [3.63, 3.8) is 0 Å². The number of allylic oxidation sites excluding steroid dienone is 2. The minimum absolute atomic E-state index is 0.00681. The standard InChI is InChI=1S/C32H32O10/c1-5-29(33)39-21-7-19-37-27-15-11-25(12-16-27)31(35)41-23(3)9-10-24(4)42-32(36)26-13-17-28(18-14-26)38-20-8-22-40-30(34)6-2/h5-6,9-18H,1-4,7-8,19-22H2/b10-9-. The van der Waals surface area contributed by atoms with Crippen LogP contribution in [0.1, 0.15) is 33.6 Å². The second kappa shape index (κ2) is 18.1. The SMILES string of the molecule is C=CC(=O)OCCCOc1ccc(C(=O)OC(=C)/C=C\C(=C)OC(=O)c2ccc(OCCCOC(=O)C=C)cc2)cc1. The fraction of sp³-hybridized carbons (Fsp3) is 0.188. The molecular weight excluding hydrogens is 544 g/mol. The zero-order chi connectivity index (χ0) is 30.7. The lowest BCUT2D eigenvalue weighted by molar-refractivity contribution is -0.138. The van der Waals surface area contributed by atoms with Crippen molar-refractivity contribution in [2.75, 3.05) is 26.4 Å². The van der Waals surface area contributed by atoms with Crippen LogP contribution in [-0.4, -0.2) is 50.3 Å². The van der Waals surface area contributed by atoms with E-state index in [1.165, 1.54) is 36.4 Å². The molecule has 0 atom stereocenters. The van der Waals surface area contributed by atoms with Gasteiger partial charge in [0.2, 0.25) is 0 Å². The van der Waals surface area contributed by atoms with Gasteiger partial charge in [0.15, 0.2) is 0 Å². The van der Waals surface area contributed by atoms with E-state index in [9.17, 15) is 19.2 Å². The van der Waals surface area contributed by atoms with Crippen LogP contribution < -0.4 is 9.47 Å². The molecule has 0 bridgehead atoms. The van der Waals surface area contributed by atoms with Gasteiger partial charge in [-0.15, -0.1) is 0 Å². The van der Waals surface area contributed by atoms with E-state index in [4.69, 9.17) is 28.4 Å². The van der Waals surface area contributed by atoms with E-state index >= 15 is 0 Å². The molecule has 0 amide bonds. The van der Waals surface area contributed by atoms with Gasteiger partial charge in [-0.05, 0) is 60.7 Å². The van der Waals surface area contributed by atoms with Crippen LogP contribution in [0.4, 0.5) is 0 Å². The first-order chi connectivity index (χ1) is 20.2. The average molecular weight is 577 g/mol. The summed E-state index contributed by atoms with van der Waals surface area (Å²) in [5.41, 5.74) is 0.538. The van der Waals surface area contributed by atoms with Gasteiger partial charge in [0.05, 0.1) is 37.6 Å². The van der Waals surface area contributed by atoms with Crippen molar-refractivity contribution in [3.8, 4) is 11.5 Å². The number of esters is 4. The monoisotopic (exact) mass is 576 g/mol. The van der Waals surface area contributed by atoms with Gasteiger partial charge in [-0.1, -0.05) is 26.3 Å². The lowest BCUT2D eigenvalue weighted by atomic mass is 10.2. The van der Waals surface area contributed by atoms with E-state index < -0.39 is 23.9 Å². The Kier molecular flexibility index (Phi) is 14.1. The van der Waals surface area contributed by atoms with E-state index in [-0.39, 0.29) is 35.9 Å². The van der Waals surface area contributed by atoms with Crippen LogP contribution in [0.2, 0.25) is 0 Å². The van der Waals surface area contributed by atoms with Crippen LogP contribution in [0, 0.1) is 0 Å². The quantitative estimate of drug-likeness (QED) is 0.0578. The molecule has 10 nitrogen and oxygen atoms in total. The molecule has 2 rings (SSSR count). The number of ether oxygens (including phenoxy) is 6. The highest BCUT2D eigenvalue weighted by Crippen LogP contribution is 2.16. The van der Waals surface area contributed by atoms with Crippen molar-refractivity contribution in [2.24, 2.45) is 0 Å². The maximum absolute atomic E-state index is 12.4. The summed E-state index contributed by atoms with van der Waals surface area (Å²) in [4.78, 5) is 46.7. The van der Waals surface area contributed by atoms with Crippen molar-refractivity contribution in [1.82, 2.24) is 0 Å². The maximum Gasteiger partial charge on any atom is 0.343 e. The molecule has 0 unspecified atom stereocenters. The fourth-order valence-corrected chi connectivity index (χ4v) is 2.95. The number of carbonyl (C=O) groups is 4. The van der Waals surface area contributed by atoms with E-state index in [2.05, 4.69) is 26.3 Å². The molecule has 2 aromatic carbocycles. The Morgan fingerprint density at radius 1 is 0.571 bits per heavy atom. The zero-order valence-electron chi connectivity index (χ0n) is 23.1. The van der Waals surface area contributed by atoms with Crippen LogP contribution in [0.15, 0.2) is 111 Å². The van der Waals surface area contributed by atoms with Crippen molar-refractivity contribution >= 4 is 23.9 Å². The van der Waals surface area contributed by atoms with E-state index in [1.807, 2.05) is 0 Å². The summed E-state index contributed by atoms with van der Waals surface area (Å²) < 4.78 is 31.2. The third kappa shape index (κ3) is 12.6. The Hall–Kier alpha value is -5.38. The molecule has 0 aliphatic rings. The highest BCUT2D eigenvalue weighted by atomic mass is 16.5. The van der Waals surface area contributed by atoms with E-state index in [1.54, 1.807) is 24.3 Å². The van der Waals surface area contributed by atoms with Gasteiger partial charge < -0.3 is 28.4 Å². The molecule has 0 aliphatic heterocycles. The van der Waals surface area contributed by atoms with Gasteiger partial charge in [-0.25, -0.2) is 19.2 Å². The van der Waals surface area contributed by atoms with Gasteiger partial charge in [-0.3, -0.25) is 0 Å². The summed E-state index contributed by atoms with van der Waals surface area (Å²) in [6, 6.07) is 12.6. The van der Waals surface area contributed by atoms with Gasteiger partial charge in [0, 0.05) is 25.0 Å². The molecule has 0 heterocycles. The lowest BCUT2D eigenvalue weighted by Crippen LogP contribution is -2.07. The zero-order valence-corrected chi connectivity index (χ0v) is 23.1. The first-order valence-electron chi connectivity index (χ1n) is 12.8. The second-order valence-corrected chi connectivity index (χ2v) is 8.24. The molecule has 0 radical (unpaired) electrons. The number of benzene rings is 2. The predicted octanol–water partition coefficient (Wildman–Crippen LogP) is 5.28. The number of rotatable bonds is 18. The van der Waals surface area contributed by atoms with Gasteiger partial charge >= 0.3 is 23.9 Å². The Bertz CT molecular complexity index is 1200. The van der Waals surface area contributed by atoms with Crippen LogP contribution in [0.25, 0.3) is 0 Å². The van der Waals surface area contributed by atoms with Crippen molar-refractivity contribution in [3.05, 3.63) is 122 Å². The molecular formula is C32H32O10. The van der Waals surface area contributed by atoms with Gasteiger partial charge in [0.1, 0.15) is 23.0 Å². The molecule has 42 heavy (non-hydrogen) atoms. The van der Waals surface area contributed by atoms with Crippen LogP contribution in [-0.2, 0) is 28.5 Å². The van der Waals surface area contributed by atoms with Crippen molar-refractivity contribution < 1.29 is 47.6 Å². The highest BCUT2D eigenvalue weighted by molar-refractivity contribution is 5.91. The summed E-state index contributed by atoms with van der Waals surface area (Å²) in [6.07, 6.45) is 5.85. The molecule has 2 aromatic rings. The smallest absolute Gasteiger partial charge is 0.343 e. The third-order valence-electron chi connectivity index (χ3n) is 5.02. The molecule has 0 saturated carbocycles. The van der Waals surface area contributed by atoms with Gasteiger partial charge in [-0.2, -0.15) is 0 Å². The molecule has 0 aliphatic carbocycles. The topological polar surface area (TPSA) is 124 Å². The normalized spacial score (nSPS) is 10.2. The predicted molar refractivity (Wildman–Crippen MR) is 154 cm³/mol. The third-order valence-corrected chi connectivity index (χ3v) is 5.02.